The number of benzene rings is 1. The van der Waals surface area contributed by atoms with Crippen LogP contribution in [0.5, 0.6) is 0 Å². The van der Waals surface area contributed by atoms with Crippen LogP contribution in [0.3, 0.4) is 0 Å². The maximum Gasteiger partial charge on any atom is 0.0682 e. The summed E-state index contributed by atoms with van der Waals surface area (Å²) in [6.45, 7) is 2.48. The van der Waals surface area contributed by atoms with E-state index >= 15 is 0 Å². The standard InChI is InChI=1S/C14H20Cl2N2O/c1-17(2)8-11-6-12(19)9-18(11)7-10-3-4-13(15)14(16)5-10/h3-5,11-12,19H,6-9H2,1-2H3. The topological polar surface area (TPSA) is 26.7 Å². The average Bonchev–Trinajstić information content (AvgIpc) is 2.63. The van der Waals surface area contributed by atoms with E-state index in [4.69, 9.17) is 23.2 Å². The molecule has 5 heteroatoms. The second-order valence-corrected chi connectivity index (χ2v) is 6.30. The maximum atomic E-state index is 9.85. The van der Waals surface area contributed by atoms with Gasteiger partial charge in [-0.25, -0.2) is 0 Å². The molecule has 1 heterocycles. The van der Waals surface area contributed by atoms with Gasteiger partial charge in [-0.15, -0.1) is 0 Å². The molecule has 0 aromatic heterocycles. The first-order chi connectivity index (χ1) is 8.95. The van der Waals surface area contributed by atoms with Crippen molar-refractivity contribution in [1.29, 1.82) is 0 Å². The molecule has 0 bridgehead atoms. The first-order valence-corrected chi connectivity index (χ1v) is 7.22. The van der Waals surface area contributed by atoms with Gasteiger partial charge in [-0.2, -0.15) is 0 Å². The number of hydrogen-bond donors (Lipinski definition) is 1. The molecule has 2 unspecified atom stereocenters. The first kappa shape index (κ1) is 15.1. The number of hydrogen-bond acceptors (Lipinski definition) is 3. The minimum absolute atomic E-state index is 0.229. The van der Waals surface area contributed by atoms with Crippen molar-refractivity contribution in [2.45, 2.75) is 25.1 Å². The minimum atomic E-state index is -0.229. The highest BCUT2D eigenvalue weighted by Gasteiger charge is 2.30. The third-order valence-electron chi connectivity index (χ3n) is 3.45. The van der Waals surface area contributed by atoms with Gasteiger partial charge >= 0.3 is 0 Å². The zero-order valence-corrected chi connectivity index (χ0v) is 12.8. The van der Waals surface area contributed by atoms with Crippen molar-refractivity contribution < 1.29 is 5.11 Å². The second-order valence-electron chi connectivity index (χ2n) is 5.48. The summed E-state index contributed by atoms with van der Waals surface area (Å²) in [5, 5.41) is 11.0. The van der Waals surface area contributed by atoms with Gasteiger partial charge in [0.1, 0.15) is 0 Å². The smallest absolute Gasteiger partial charge is 0.0682 e. The molecule has 1 aliphatic rings. The number of likely N-dealkylation sites (tertiary alicyclic amines) is 1. The third kappa shape index (κ3) is 4.07. The van der Waals surface area contributed by atoms with Crippen LogP contribution in [0.15, 0.2) is 18.2 Å². The van der Waals surface area contributed by atoms with Gasteiger partial charge in [0.15, 0.2) is 0 Å². The molecule has 1 N–H and O–H groups in total. The van der Waals surface area contributed by atoms with Crippen molar-refractivity contribution in [2.24, 2.45) is 0 Å². The highest BCUT2D eigenvalue weighted by atomic mass is 35.5. The Bertz CT molecular complexity index is 439. The highest BCUT2D eigenvalue weighted by Crippen LogP contribution is 2.26. The molecule has 1 aliphatic heterocycles. The fraction of sp³-hybridized carbons (Fsp3) is 0.571. The van der Waals surface area contributed by atoms with E-state index in [1.165, 1.54) is 0 Å². The van der Waals surface area contributed by atoms with Gasteiger partial charge in [0.05, 0.1) is 16.1 Å². The van der Waals surface area contributed by atoms with Gasteiger partial charge in [0.2, 0.25) is 0 Å². The number of rotatable bonds is 4. The average molecular weight is 303 g/mol. The summed E-state index contributed by atoms with van der Waals surface area (Å²) < 4.78 is 0. The summed E-state index contributed by atoms with van der Waals surface area (Å²) in [7, 11) is 4.12. The van der Waals surface area contributed by atoms with E-state index in [9.17, 15) is 5.11 Å². The number of halogens is 2. The van der Waals surface area contributed by atoms with Crippen LogP contribution in [0, 0.1) is 0 Å². The van der Waals surface area contributed by atoms with E-state index in [-0.39, 0.29) is 6.10 Å². The normalized spacial score (nSPS) is 24.3. The fourth-order valence-electron chi connectivity index (χ4n) is 2.64. The van der Waals surface area contributed by atoms with Crippen molar-refractivity contribution in [3.05, 3.63) is 33.8 Å². The van der Waals surface area contributed by atoms with Gasteiger partial charge in [-0.1, -0.05) is 29.3 Å². The molecule has 0 saturated carbocycles. The van der Waals surface area contributed by atoms with E-state index in [0.29, 0.717) is 16.1 Å². The van der Waals surface area contributed by atoms with Crippen LogP contribution in [0.25, 0.3) is 0 Å². The molecule has 0 radical (unpaired) electrons. The van der Waals surface area contributed by atoms with Crippen LogP contribution in [-0.2, 0) is 6.54 Å². The molecule has 19 heavy (non-hydrogen) atoms. The molecule has 1 aromatic rings. The van der Waals surface area contributed by atoms with Crippen LogP contribution in [0.1, 0.15) is 12.0 Å². The van der Waals surface area contributed by atoms with Gasteiger partial charge in [0, 0.05) is 25.7 Å². The zero-order valence-electron chi connectivity index (χ0n) is 11.3. The third-order valence-corrected chi connectivity index (χ3v) is 4.19. The molecule has 2 rings (SSSR count). The molecule has 3 nitrogen and oxygen atoms in total. The van der Waals surface area contributed by atoms with Crippen molar-refractivity contribution in [3.63, 3.8) is 0 Å². The van der Waals surface area contributed by atoms with Crippen LogP contribution in [0.2, 0.25) is 10.0 Å². The Morgan fingerprint density at radius 2 is 2.05 bits per heavy atom. The summed E-state index contributed by atoms with van der Waals surface area (Å²) >= 11 is 12.0. The lowest BCUT2D eigenvalue weighted by atomic mass is 10.1. The molecule has 0 amide bonds. The molecule has 0 spiro atoms. The van der Waals surface area contributed by atoms with Crippen molar-refractivity contribution in [1.82, 2.24) is 9.80 Å². The molecule has 0 aliphatic carbocycles. The SMILES string of the molecule is CN(C)CC1CC(O)CN1Cc1ccc(Cl)c(Cl)c1. The van der Waals surface area contributed by atoms with Crippen molar-refractivity contribution in [3.8, 4) is 0 Å². The molecule has 106 valence electrons. The molecular formula is C14H20Cl2N2O. The van der Waals surface area contributed by atoms with E-state index in [1.807, 2.05) is 18.2 Å². The summed E-state index contributed by atoms with van der Waals surface area (Å²) in [6, 6.07) is 6.11. The molecule has 1 fully saturated rings. The summed E-state index contributed by atoms with van der Waals surface area (Å²) in [6.07, 6.45) is 0.604. The Hall–Kier alpha value is -0.320. The van der Waals surface area contributed by atoms with Crippen LogP contribution in [0.4, 0.5) is 0 Å². The van der Waals surface area contributed by atoms with Gasteiger partial charge < -0.3 is 10.0 Å². The Morgan fingerprint density at radius 1 is 1.32 bits per heavy atom. The fourth-order valence-corrected chi connectivity index (χ4v) is 2.96. The van der Waals surface area contributed by atoms with E-state index in [0.717, 1.165) is 31.6 Å². The Labute approximate surface area is 124 Å². The monoisotopic (exact) mass is 302 g/mol. The number of aliphatic hydroxyl groups excluding tert-OH is 1. The second kappa shape index (κ2) is 6.42. The zero-order chi connectivity index (χ0) is 14.0. The van der Waals surface area contributed by atoms with E-state index in [2.05, 4.69) is 23.9 Å². The van der Waals surface area contributed by atoms with Gasteiger partial charge in [-0.3, -0.25) is 4.90 Å². The number of likely N-dealkylation sites (N-methyl/N-ethyl adjacent to an activating group) is 1. The maximum absolute atomic E-state index is 9.85. The Balaban J connectivity index is 2.05. The van der Waals surface area contributed by atoms with Gasteiger partial charge in [0.25, 0.3) is 0 Å². The highest BCUT2D eigenvalue weighted by molar-refractivity contribution is 6.42. The lowest BCUT2D eigenvalue weighted by Crippen LogP contribution is -2.37. The predicted molar refractivity (Wildman–Crippen MR) is 79.8 cm³/mol. The number of nitrogens with zero attached hydrogens (tertiary/aromatic N) is 2. The summed E-state index contributed by atoms with van der Waals surface area (Å²) in [4.78, 5) is 4.47. The first-order valence-electron chi connectivity index (χ1n) is 6.46. The summed E-state index contributed by atoms with van der Waals surface area (Å²) in [5.74, 6) is 0. The quantitative estimate of drug-likeness (QED) is 0.926. The van der Waals surface area contributed by atoms with Gasteiger partial charge in [-0.05, 0) is 38.2 Å². The largest absolute Gasteiger partial charge is 0.392 e. The van der Waals surface area contributed by atoms with Crippen LogP contribution in [-0.4, -0.2) is 54.2 Å². The van der Waals surface area contributed by atoms with Crippen molar-refractivity contribution >= 4 is 23.2 Å². The lowest BCUT2D eigenvalue weighted by Gasteiger charge is -2.26. The summed E-state index contributed by atoms with van der Waals surface area (Å²) in [5.41, 5.74) is 1.13. The van der Waals surface area contributed by atoms with E-state index in [1.54, 1.807) is 0 Å². The van der Waals surface area contributed by atoms with E-state index < -0.39 is 0 Å². The Morgan fingerprint density at radius 3 is 2.68 bits per heavy atom. The molecule has 2 atom stereocenters. The Kier molecular flexibility index (Phi) is 5.09. The van der Waals surface area contributed by atoms with Crippen molar-refractivity contribution in [2.75, 3.05) is 27.2 Å². The van der Waals surface area contributed by atoms with Crippen LogP contribution < -0.4 is 0 Å². The predicted octanol–water partition coefficient (Wildman–Crippen LogP) is 2.49. The molecule has 1 aromatic carbocycles. The lowest BCUT2D eigenvalue weighted by molar-refractivity contribution is 0.169. The minimum Gasteiger partial charge on any atom is -0.392 e. The molecular weight excluding hydrogens is 283 g/mol. The number of β-amino-alcohol motifs (C(OH)–C–C–N with tert-alkyl or cyclic N) is 1. The molecule has 1 saturated heterocycles. The number of aliphatic hydroxyl groups is 1. The van der Waals surface area contributed by atoms with Crippen LogP contribution >= 0.6 is 23.2 Å².